The van der Waals surface area contributed by atoms with Gasteiger partial charge in [0.1, 0.15) is 17.6 Å². The monoisotopic (exact) mass is 286 g/mol. The van der Waals surface area contributed by atoms with Crippen LogP contribution in [0.15, 0.2) is 41.5 Å². The number of nitrogens with one attached hydrogen (secondary N) is 1. The summed E-state index contributed by atoms with van der Waals surface area (Å²) in [7, 11) is 0. The zero-order valence-corrected chi connectivity index (χ0v) is 12.4. The van der Waals surface area contributed by atoms with Gasteiger partial charge in [0.05, 0.1) is 18.4 Å². The van der Waals surface area contributed by atoms with E-state index >= 15 is 0 Å². The molecule has 1 aromatic rings. The fourth-order valence-corrected chi connectivity index (χ4v) is 2.53. The summed E-state index contributed by atoms with van der Waals surface area (Å²) in [6.45, 7) is 3.81. The van der Waals surface area contributed by atoms with E-state index in [1.165, 1.54) is 0 Å². The predicted octanol–water partition coefficient (Wildman–Crippen LogP) is 2.94. The van der Waals surface area contributed by atoms with E-state index in [1.54, 1.807) is 0 Å². The average molecular weight is 286 g/mol. The maximum absolute atomic E-state index is 6.01. The Balaban J connectivity index is 1.47. The minimum atomic E-state index is 0.207. The molecule has 0 saturated carbocycles. The quantitative estimate of drug-likeness (QED) is 0.784. The van der Waals surface area contributed by atoms with Crippen LogP contribution < -0.4 is 14.8 Å². The summed E-state index contributed by atoms with van der Waals surface area (Å²) >= 11 is 0. The van der Waals surface area contributed by atoms with Crippen LogP contribution in [0.4, 0.5) is 0 Å². The lowest BCUT2D eigenvalue weighted by Gasteiger charge is -2.15. The van der Waals surface area contributed by atoms with Gasteiger partial charge in [0.15, 0.2) is 0 Å². The first-order valence-corrected chi connectivity index (χ1v) is 7.72. The molecular weight excluding hydrogens is 264 g/mol. The lowest BCUT2D eigenvalue weighted by molar-refractivity contribution is 0.221. The maximum atomic E-state index is 6.01. The van der Waals surface area contributed by atoms with Crippen LogP contribution in [0.3, 0.4) is 0 Å². The first-order chi connectivity index (χ1) is 10.3. The van der Waals surface area contributed by atoms with Gasteiger partial charge in [-0.15, -0.1) is 0 Å². The average Bonchev–Trinajstić information content (AvgIpc) is 2.87. The van der Waals surface area contributed by atoms with E-state index < -0.39 is 0 Å². The normalized spacial score (nSPS) is 23.6. The third-order valence-electron chi connectivity index (χ3n) is 3.81. The van der Waals surface area contributed by atoms with Crippen molar-refractivity contribution in [2.75, 3.05) is 13.2 Å². The zero-order valence-electron chi connectivity index (χ0n) is 12.4. The Labute approximate surface area is 125 Å². The molecule has 2 aliphatic heterocycles. The zero-order chi connectivity index (χ0) is 14.5. The molecule has 0 aromatic heterocycles. The van der Waals surface area contributed by atoms with Crippen molar-refractivity contribution in [1.29, 1.82) is 0 Å². The molecular formula is C17H22N2O2. The fourth-order valence-electron chi connectivity index (χ4n) is 2.53. The molecule has 112 valence electrons. The van der Waals surface area contributed by atoms with Crippen LogP contribution in [-0.2, 0) is 0 Å². The fraction of sp³-hybridized carbons (Fsp3) is 0.471. The summed E-state index contributed by atoms with van der Waals surface area (Å²) in [6.07, 6.45) is 7.31. The predicted molar refractivity (Wildman–Crippen MR) is 84.2 cm³/mol. The van der Waals surface area contributed by atoms with Crippen molar-refractivity contribution in [3.05, 3.63) is 36.5 Å². The highest BCUT2D eigenvalue weighted by Crippen LogP contribution is 2.22. The first-order valence-electron chi connectivity index (χ1n) is 7.72. The van der Waals surface area contributed by atoms with Crippen molar-refractivity contribution < 1.29 is 9.47 Å². The molecule has 0 amide bonds. The van der Waals surface area contributed by atoms with Gasteiger partial charge >= 0.3 is 0 Å². The number of unbranched alkanes of at least 4 members (excludes halogenated alkanes) is 1. The smallest absolute Gasteiger partial charge is 0.120 e. The number of hydrogen-bond donors (Lipinski definition) is 1. The van der Waals surface area contributed by atoms with Crippen LogP contribution in [0, 0.1) is 0 Å². The molecule has 1 N–H and O–H groups in total. The molecule has 2 unspecified atom stereocenters. The highest BCUT2D eigenvalue weighted by Gasteiger charge is 2.29. The van der Waals surface area contributed by atoms with Crippen LogP contribution in [0.1, 0.15) is 26.2 Å². The molecule has 1 saturated heterocycles. The summed E-state index contributed by atoms with van der Waals surface area (Å²) in [5, 5.41) is 3.44. The van der Waals surface area contributed by atoms with Crippen LogP contribution in [0.5, 0.6) is 11.5 Å². The number of rotatable bonds is 7. The Bertz CT molecular complexity index is 522. The third kappa shape index (κ3) is 3.64. The molecule has 4 nitrogen and oxygen atoms in total. The summed E-state index contributed by atoms with van der Waals surface area (Å²) in [5.74, 6) is 1.81. The molecule has 3 rings (SSSR count). The van der Waals surface area contributed by atoms with Gasteiger partial charge in [0.25, 0.3) is 0 Å². The van der Waals surface area contributed by atoms with Gasteiger partial charge in [-0.1, -0.05) is 13.3 Å². The molecule has 2 aliphatic rings. The Morgan fingerprint density at radius 1 is 1.24 bits per heavy atom. The second kappa shape index (κ2) is 6.76. The summed E-state index contributed by atoms with van der Waals surface area (Å²) in [6, 6.07) is 8.26. The summed E-state index contributed by atoms with van der Waals surface area (Å²) in [5.41, 5.74) is 1.14. The molecule has 4 heteroatoms. The van der Waals surface area contributed by atoms with Gasteiger partial charge in [0.2, 0.25) is 0 Å². The van der Waals surface area contributed by atoms with E-state index in [9.17, 15) is 0 Å². The molecule has 2 heterocycles. The standard InChI is InChI=1S/C17H22N2O2/c1-2-3-10-20-13-4-6-14(7-5-13)21-15-11-17(19-12-15)16-8-9-18-16/h4-9,15,17,19H,2-3,10-12H2,1H3. The van der Waals surface area contributed by atoms with Gasteiger partial charge in [-0.25, -0.2) is 0 Å². The second-order valence-electron chi connectivity index (χ2n) is 5.48. The summed E-state index contributed by atoms with van der Waals surface area (Å²) < 4.78 is 11.7. The van der Waals surface area contributed by atoms with E-state index in [-0.39, 0.29) is 6.10 Å². The largest absolute Gasteiger partial charge is 0.494 e. The Morgan fingerprint density at radius 2 is 2.00 bits per heavy atom. The van der Waals surface area contributed by atoms with E-state index in [1.807, 2.05) is 30.5 Å². The van der Waals surface area contributed by atoms with E-state index in [2.05, 4.69) is 23.3 Å². The van der Waals surface area contributed by atoms with Crippen molar-refractivity contribution in [2.24, 2.45) is 4.99 Å². The molecule has 0 radical (unpaired) electrons. The summed E-state index contributed by atoms with van der Waals surface area (Å²) in [4.78, 5) is 4.24. The lowest BCUT2D eigenvalue weighted by atomic mass is 10.1. The number of hydrogen-bond acceptors (Lipinski definition) is 4. The van der Waals surface area contributed by atoms with Crippen molar-refractivity contribution >= 4 is 5.71 Å². The molecule has 1 aromatic carbocycles. The van der Waals surface area contributed by atoms with E-state index in [4.69, 9.17) is 9.47 Å². The number of benzene rings is 1. The topological polar surface area (TPSA) is 42.9 Å². The highest BCUT2D eigenvalue weighted by molar-refractivity contribution is 6.03. The Kier molecular flexibility index (Phi) is 4.55. The van der Waals surface area contributed by atoms with Gasteiger partial charge in [0, 0.05) is 19.2 Å². The number of aliphatic imine (C=N–C) groups is 1. The van der Waals surface area contributed by atoms with Crippen molar-refractivity contribution in [1.82, 2.24) is 5.32 Å². The Hall–Kier alpha value is -1.81. The minimum Gasteiger partial charge on any atom is -0.494 e. The van der Waals surface area contributed by atoms with Crippen LogP contribution in [0.2, 0.25) is 0 Å². The molecule has 0 spiro atoms. The van der Waals surface area contributed by atoms with Crippen LogP contribution >= 0.6 is 0 Å². The first kappa shape index (κ1) is 14.1. The van der Waals surface area contributed by atoms with Crippen molar-refractivity contribution in [2.45, 2.75) is 38.3 Å². The van der Waals surface area contributed by atoms with Gasteiger partial charge in [-0.2, -0.15) is 0 Å². The van der Waals surface area contributed by atoms with Gasteiger partial charge in [-0.05, 0) is 36.8 Å². The van der Waals surface area contributed by atoms with Gasteiger partial charge in [-0.3, -0.25) is 4.99 Å². The van der Waals surface area contributed by atoms with Crippen LogP contribution in [0.25, 0.3) is 0 Å². The Morgan fingerprint density at radius 3 is 2.67 bits per heavy atom. The molecule has 0 aliphatic carbocycles. The number of nitrogens with zero attached hydrogens (tertiary/aromatic N) is 1. The van der Waals surface area contributed by atoms with Crippen molar-refractivity contribution in [3.63, 3.8) is 0 Å². The molecule has 21 heavy (non-hydrogen) atoms. The minimum absolute atomic E-state index is 0.207. The SMILES string of the molecule is CCCCOc1ccc(OC2CNC(C3=NC=C3)C2)cc1. The maximum Gasteiger partial charge on any atom is 0.120 e. The van der Waals surface area contributed by atoms with Gasteiger partial charge < -0.3 is 14.8 Å². The lowest BCUT2D eigenvalue weighted by Crippen LogP contribution is -2.31. The highest BCUT2D eigenvalue weighted by atomic mass is 16.5. The number of ether oxygens (including phenoxy) is 2. The van der Waals surface area contributed by atoms with Crippen molar-refractivity contribution in [3.8, 4) is 11.5 Å². The van der Waals surface area contributed by atoms with E-state index in [0.717, 1.165) is 49.6 Å². The third-order valence-corrected chi connectivity index (χ3v) is 3.81. The molecule has 2 atom stereocenters. The molecule has 1 fully saturated rings. The van der Waals surface area contributed by atoms with Crippen LogP contribution in [-0.4, -0.2) is 31.0 Å². The second-order valence-corrected chi connectivity index (χ2v) is 5.48. The van der Waals surface area contributed by atoms with E-state index in [0.29, 0.717) is 6.04 Å². The molecule has 0 bridgehead atoms.